The van der Waals surface area contributed by atoms with Crippen molar-refractivity contribution in [3.05, 3.63) is 0 Å². The van der Waals surface area contributed by atoms with Gasteiger partial charge in [-0.1, -0.05) is 23.2 Å². The molecule has 0 spiro atoms. The summed E-state index contributed by atoms with van der Waals surface area (Å²) < 4.78 is 34.3. The summed E-state index contributed by atoms with van der Waals surface area (Å²) in [6.45, 7) is 0.854. The van der Waals surface area contributed by atoms with Crippen molar-refractivity contribution < 1.29 is 23.1 Å². The molecule has 0 fully saturated rings. The lowest BCUT2D eigenvalue weighted by Gasteiger charge is -2.35. The van der Waals surface area contributed by atoms with Crippen LogP contribution in [0.15, 0.2) is 0 Å². The Morgan fingerprint density at radius 2 is 1.64 bits per heavy atom. The molecule has 0 saturated carbocycles. The number of alkyl halides is 6. The third-order valence-electron chi connectivity index (χ3n) is 1.44. The predicted molar refractivity (Wildman–Crippen MR) is 46.6 cm³/mol. The summed E-state index contributed by atoms with van der Waals surface area (Å²) >= 11 is 13.8. The van der Waals surface area contributed by atoms with E-state index in [4.69, 9.17) is 28.3 Å². The second kappa shape index (κ2) is 4.04. The Bertz CT molecular complexity index is 219. The van der Waals surface area contributed by atoms with Crippen LogP contribution in [-0.4, -0.2) is 26.5 Å². The molecule has 14 heavy (non-hydrogen) atoms. The summed E-state index contributed by atoms with van der Waals surface area (Å²) in [4.78, 5) is 10.5. The molecule has 0 bridgehead atoms. The van der Waals surface area contributed by atoms with Gasteiger partial charge < -0.3 is 5.11 Å². The highest BCUT2D eigenvalue weighted by atomic mass is 35.5. The Balaban J connectivity index is 5.18. The summed E-state index contributed by atoms with van der Waals surface area (Å²) in [6, 6.07) is 0. The Labute approximate surface area is 92.9 Å². The number of aliphatic hydroxyl groups is 1. The highest BCUT2D eigenvalue weighted by Gasteiger charge is 2.65. The lowest BCUT2D eigenvalue weighted by Crippen LogP contribution is -2.56. The van der Waals surface area contributed by atoms with Gasteiger partial charge in [0.2, 0.25) is 5.60 Å². The first-order chi connectivity index (χ1) is 5.92. The molecule has 0 amide bonds. The molecule has 0 aromatic rings. The van der Waals surface area contributed by atoms with E-state index >= 15 is 0 Å². The number of Topliss-reactive ketones (excluding diaryl/α,β-unsaturated/α-hetero) is 1. The third kappa shape index (κ3) is 2.89. The second-order valence-corrected chi connectivity index (χ2v) is 4.44. The predicted octanol–water partition coefficient (Wildman–Crippen LogP) is 2.63. The van der Waals surface area contributed by atoms with E-state index in [1.165, 1.54) is 0 Å². The highest BCUT2D eigenvalue weighted by molar-refractivity contribution is 6.48. The van der Waals surface area contributed by atoms with Crippen LogP contribution in [0.1, 0.15) is 13.3 Å². The van der Waals surface area contributed by atoms with Crippen LogP contribution in [0, 0.1) is 0 Å². The van der Waals surface area contributed by atoms with Gasteiger partial charge in [-0.25, -0.2) is 4.39 Å². The zero-order valence-electron chi connectivity index (χ0n) is 6.83. The van der Waals surface area contributed by atoms with Crippen LogP contribution < -0.4 is 0 Å². The first kappa shape index (κ1) is 14.3. The molecule has 1 atom stereocenters. The maximum Gasteiger partial charge on any atom is 0.356 e. The molecule has 0 aliphatic carbocycles. The number of hydrogen-bond donors (Lipinski definition) is 1. The smallest absolute Gasteiger partial charge is 0.356 e. The minimum absolute atomic E-state index is 0.854. The van der Waals surface area contributed by atoms with E-state index in [2.05, 4.69) is 11.6 Å². The topological polar surface area (TPSA) is 37.3 Å². The van der Waals surface area contributed by atoms with Crippen LogP contribution in [0.2, 0.25) is 0 Å². The molecule has 0 radical (unpaired) electrons. The van der Waals surface area contributed by atoms with Crippen molar-refractivity contribution in [1.82, 2.24) is 0 Å². The van der Waals surface area contributed by atoms with E-state index in [0.29, 0.717) is 0 Å². The fourth-order valence-corrected chi connectivity index (χ4v) is 1.39. The molecule has 0 heterocycles. The monoisotopic (exact) mass is 272 g/mol. The largest absolute Gasteiger partial charge is 0.377 e. The quantitative estimate of drug-likeness (QED) is 0.800. The van der Waals surface area contributed by atoms with Crippen LogP contribution in [0.3, 0.4) is 0 Å². The zero-order chi connectivity index (χ0) is 11.8. The summed E-state index contributed by atoms with van der Waals surface area (Å²) in [6.07, 6.45) is -1.30. The minimum Gasteiger partial charge on any atom is -0.377 e. The summed E-state index contributed by atoms with van der Waals surface area (Å²) in [5, 5.41) is 4.65. The molecule has 0 aromatic carbocycles. The van der Waals surface area contributed by atoms with Crippen molar-refractivity contribution in [2.45, 2.75) is 28.9 Å². The molecule has 0 aliphatic heterocycles. The molecule has 0 unspecified atom stereocenters. The van der Waals surface area contributed by atoms with E-state index in [1.54, 1.807) is 0 Å². The SMILES string of the molecule is CC(=O)C[C@](O)(C(F)(F)Cl)C(F)(Cl)Cl. The summed E-state index contributed by atoms with van der Waals surface area (Å²) in [5.74, 6) is -0.934. The zero-order valence-corrected chi connectivity index (χ0v) is 9.10. The van der Waals surface area contributed by atoms with Gasteiger partial charge in [0, 0.05) is 6.42 Å². The molecule has 0 rings (SSSR count). The van der Waals surface area contributed by atoms with Crippen molar-refractivity contribution in [2.75, 3.05) is 0 Å². The van der Waals surface area contributed by atoms with Crippen molar-refractivity contribution in [3.8, 4) is 0 Å². The maximum absolute atomic E-state index is 12.9. The van der Waals surface area contributed by atoms with Gasteiger partial charge in [-0.05, 0) is 18.5 Å². The van der Waals surface area contributed by atoms with Crippen molar-refractivity contribution in [2.24, 2.45) is 0 Å². The van der Waals surface area contributed by atoms with Gasteiger partial charge in [0.15, 0.2) is 0 Å². The van der Waals surface area contributed by atoms with Gasteiger partial charge in [-0.3, -0.25) is 4.79 Å². The molecule has 2 nitrogen and oxygen atoms in total. The minimum atomic E-state index is -4.46. The van der Waals surface area contributed by atoms with Crippen molar-refractivity contribution in [1.29, 1.82) is 0 Å². The molecule has 84 valence electrons. The highest BCUT2D eigenvalue weighted by Crippen LogP contribution is 2.49. The van der Waals surface area contributed by atoms with Crippen molar-refractivity contribution in [3.63, 3.8) is 0 Å². The van der Waals surface area contributed by atoms with Gasteiger partial charge >= 0.3 is 5.38 Å². The Morgan fingerprint density at radius 1 is 1.29 bits per heavy atom. The number of hydrogen-bond acceptors (Lipinski definition) is 2. The van der Waals surface area contributed by atoms with Gasteiger partial charge in [0.05, 0.1) is 0 Å². The van der Waals surface area contributed by atoms with Crippen LogP contribution in [0.4, 0.5) is 13.2 Å². The van der Waals surface area contributed by atoms with Crippen molar-refractivity contribution >= 4 is 40.6 Å². The number of halogens is 6. The van der Waals surface area contributed by atoms with Gasteiger partial charge in [-0.15, -0.1) is 0 Å². The standard InChI is InChI=1S/C6H6Cl3F3O2/c1-3(13)2-4(14,5(7,8)10)6(9,11)12/h14H,2H2,1H3/t4-/m1/s1. The molecule has 0 aromatic heterocycles. The average molecular weight is 273 g/mol. The lowest BCUT2D eigenvalue weighted by molar-refractivity contribution is -0.167. The number of carbonyl (C=O) groups is 1. The Morgan fingerprint density at radius 3 is 1.71 bits per heavy atom. The molecular formula is C6H6Cl3F3O2. The van der Waals surface area contributed by atoms with Gasteiger partial charge in [-0.2, -0.15) is 8.78 Å². The number of ketones is 1. The first-order valence-electron chi connectivity index (χ1n) is 3.27. The Kier molecular flexibility index (Phi) is 4.12. The first-order valence-corrected chi connectivity index (χ1v) is 4.40. The van der Waals surface area contributed by atoms with Gasteiger partial charge in [0.1, 0.15) is 5.78 Å². The maximum atomic E-state index is 12.9. The molecule has 0 saturated heterocycles. The van der Waals surface area contributed by atoms with E-state index < -0.39 is 27.8 Å². The number of carbonyl (C=O) groups excluding carboxylic acids is 1. The normalized spacial score (nSPS) is 17.7. The number of rotatable bonds is 4. The van der Waals surface area contributed by atoms with E-state index in [9.17, 15) is 18.0 Å². The fourth-order valence-electron chi connectivity index (χ4n) is 0.721. The molecule has 8 heteroatoms. The van der Waals surface area contributed by atoms with Crippen LogP contribution in [0.5, 0.6) is 0 Å². The molecule has 1 N–H and O–H groups in total. The van der Waals surface area contributed by atoms with Crippen LogP contribution in [-0.2, 0) is 4.79 Å². The Hall–Kier alpha value is 0.290. The summed E-state index contributed by atoms with van der Waals surface area (Å²) in [5.41, 5.74) is -3.66. The molecular weight excluding hydrogens is 267 g/mol. The lowest BCUT2D eigenvalue weighted by atomic mass is 9.99. The van der Waals surface area contributed by atoms with Crippen LogP contribution in [0.25, 0.3) is 0 Å². The van der Waals surface area contributed by atoms with Gasteiger partial charge in [0.25, 0.3) is 4.59 Å². The average Bonchev–Trinajstić information content (AvgIpc) is 1.79. The van der Waals surface area contributed by atoms with E-state index in [1.807, 2.05) is 0 Å². The van der Waals surface area contributed by atoms with E-state index in [-0.39, 0.29) is 0 Å². The van der Waals surface area contributed by atoms with Crippen LogP contribution >= 0.6 is 34.8 Å². The second-order valence-electron chi connectivity index (χ2n) is 2.73. The third-order valence-corrected chi connectivity index (χ3v) is 2.38. The molecule has 0 aliphatic rings. The fraction of sp³-hybridized carbons (Fsp3) is 0.833. The summed E-state index contributed by atoms with van der Waals surface area (Å²) in [7, 11) is 0. The van der Waals surface area contributed by atoms with E-state index in [0.717, 1.165) is 6.92 Å².